The number of hydrogen-bond acceptors (Lipinski definition) is 3. The predicted octanol–water partition coefficient (Wildman–Crippen LogP) is 2.05. The Morgan fingerprint density at radius 3 is 2.65 bits per heavy atom. The number of nitrogens with zero attached hydrogens (tertiary/aromatic N) is 3. The number of benzene rings is 1. The Bertz CT molecular complexity index is 718. The molecule has 0 aliphatic carbocycles. The summed E-state index contributed by atoms with van der Waals surface area (Å²) in [5.74, 6) is 0.312. The van der Waals surface area contributed by atoms with Gasteiger partial charge in [0.05, 0.1) is 12.1 Å². The van der Waals surface area contributed by atoms with E-state index in [1.54, 1.807) is 30.5 Å². The van der Waals surface area contributed by atoms with Crippen LogP contribution in [0.3, 0.4) is 0 Å². The van der Waals surface area contributed by atoms with Gasteiger partial charge < -0.3 is 15.5 Å². The summed E-state index contributed by atoms with van der Waals surface area (Å²) in [6.07, 6.45) is 3.15. The highest BCUT2D eigenvalue weighted by atomic mass is 19.1. The van der Waals surface area contributed by atoms with Gasteiger partial charge >= 0.3 is 0 Å². The van der Waals surface area contributed by atoms with Crippen LogP contribution in [0.5, 0.6) is 0 Å². The van der Waals surface area contributed by atoms with Gasteiger partial charge in [0.15, 0.2) is 5.96 Å². The molecule has 1 aromatic carbocycles. The van der Waals surface area contributed by atoms with Gasteiger partial charge in [-0.15, -0.1) is 0 Å². The first-order valence-electron chi connectivity index (χ1n) is 8.52. The lowest BCUT2D eigenvalue weighted by atomic mass is 10.2. The lowest BCUT2D eigenvalue weighted by Crippen LogP contribution is -2.39. The molecule has 0 radical (unpaired) electrons. The number of pyridine rings is 1. The first-order chi connectivity index (χ1) is 12.6. The van der Waals surface area contributed by atoms with Gasteiger partial charge in [0, 0.05) is 39.1 Å². The summed E-state index contributed by atoms with van der Waals surface area (Å²) in [6.45, 7) is 4.20. The molecule has 2 rings (SSSR count). The Hall–Kier alpha value is -2.96. The molecule has 0 unspecified atom stereocenters. The van der Waals surface area contributed by atoms with Crippen molar-refractivity contribution in [1.82, 2.24) is 20.5 Å². The van der Waals surface area contributed by atoms with Crippen LogP contribution in [-0.2, 0) is 6.54 Å². The Morgan fingerprint density at radius 1 is 1.23 bits per heavy atom. The van der Waals surface area contributed by atoms with E-state index in [-0.39, 0.29) is 11.7 Å². The normalized spacial score (nSPS) is 11.1. The van der Waals surface area contributed by atoms with Gasteiger partial charge in [-0.2, -0.15) is 0 Å². The largest absolute Gasteiger partial charge is 0.357 e. The molecule has 0 saturated heterocycles. The molecule has 2 N–H and O–H groups in total. The molecule has 7 heteroatoms. The van der Waals surface area contributed by atoms with Gasteiger partial charge in [0.1, 0.15) is 5.82 Å². The molecule has 0 saturated carbocycles. The molecule has 2 aromatic rings. The van der Waals surface area contributed by atoms with E-state index >= 15 is 0 Å². The number of carbonyl (C=O) groups is 1. The Labute approximate surface area is 153 Å². The minimum Gasteiger partial charge on any atom is -0.357 e. The van der Waals surface area contributed by atoms with Gasteiger partial charge in [-0.25, -0.2) is 4.39 Å². The van der Waals surface area contributed by atoms with Gasteiger partial charge in [0.2, 0.25) is 0 Å². The molecule has 0 aliphatic heterocycles. The summed E-state index contributed by atoms with van der Waals surface area (Å²) >= 11 is 0. The molecule has 1 aromatic heterocycles. The van der Waals surface area contributed by atoms with E-state index in [0.717, 1.165) is 18.1 Å². The topological polar surface area (TPSA) is 69.6 Å². The number of carbonyl (C=O) groups excluding carboxylic acids is 1. The molecule has 0 spiro atoms. The zero-order chi connectivity index (χ0) is 18.8. The summed E-state index contributed by atoms with van der Waals surface area (Å²) in [7, 11) is 1.92. The van der Waals surface area contributed by atoms with E-state index in [2.05, 4.69) is 20.6 Å². The van der Waals surface area contributed by atoms with Crippen molar-refractivity contribution >= 4 is 11.9 Å². The zero-order valence-electron chi connectivity index (χ0n) is 15.1. The monoisotopic (exact) mass is 357 g/mol. The fourth-order valence-electron chi connectivity index (χ4n) is 2.34. The lowest BCUT2D eigenvalue weighted by molar-refractivity contribution is 0.0954. The standard InChI is InChI=1S/C19H24FN5O/c1-3-22-19(25(2)14-15-6-8-17(20)9-7-15)24-12-11-23-18(26)16-5-4-10-21-13-16/h4-10,13H,3,11-12,14H2,1-2H3,(H,22,24)(H,23,26). The average molecular weight is 357 g/mol. The molecule has 1 amide bonds. The molecule has 1 heterocycles. The third-order valence-electron chi connectivity index (χ3n) is 3.61. The molecule has 138 valence electrons. The van der Waals surface area contributed by atoms with E-state index in [1.807, 2.05) is 18.9 Å². The first-order valence-corrected chi connectivity index (χ1v) is 8.52. The van der Waals surface area contributed by atoms with Crippen LogP contribution in [0.15, 0.2) is 53.8 Å². The van der Waals surface area contributed by atoms with Crippen molar-refractivity contribution in [3.63, 3.8) is 0 Å². The number of aromatic nitrogens is 1. The summed E-state index contributed by atoms with van der Waals surface area (Å²) in [4.78, 5) is 22.4. The number of halogens is 1. The highest BCUT2D eigenvalue weighted by Gasteiger charge is 2.07. The van der Waals surface area contributed by atoms with Crippen molar-refractivity contribution in [3.8, 4) is 0 Å². The summed E-state index contributed by atoms with van der Waals surface area (Å²) in [6, 6.07) is 9.84. The third kappa shape index (κ3) is 6.16. The number of rotatable bonds is 7. The van der Waals surface area contributed by atoms with Crippen LogP contribution >= 0.6 is 0 Å². The van der Waals surface area contributed by atoms with E-state index in [4.69, 9.17) is 0 Å². The van der Waals surface area contributed by atoms with Crippen LogP contribution in [0, 0.1) is 5.82 Å². The molecule has 26 heavy (non-hydrogen) atoms. The molecule has 0 atom stereocenters. The SMILES string of the molecule is CCNC(=NCCNC(=O)c1cccnc1)N(C)Cc1ccc(F)cc1. The Morgan fingerprint density at radius 2 is 2.00 bits per heavy atom. The average Bonchev–Trinajstić information content (AvgIpc) is 2.66. The highest BCUT2D eigenvalue weighted by Crippen LogP contribution is 2.05. The van der Waals surface area contributed by atoms with E-state index in [1.165, 1.54) is 18.3 Å². The van der Waals surface area contributed by atoms with Crippen molar-refractivity contribution in [2.24, 2.45) is 4.99 Å². The summed E-state index contributed by atoms with van der Waals surface area (Å²) in [5, 5.41) is 6.03. The zero-order valence-corrected chi connectivity index (χ0v) is 15.1. The van der Waals surface area contributed by atoms with Crippen LogP contribution in [0.1, 0.15) is 22.8 Å². The van der Waals surface area contributed by atoms with E-state index in [0.29, 0.717) is 25.2 Å². The quantitative estimate of drug-likeness (QED) is 0.452. The third-order valence-corrected chi connectivity index (χ3v) is 3.61. The molecular weight excluding hydrogens is 333 g/mol. The minimum atomic E-state index is -0.249. The predicted molar refractivity (Wildman–Crippen MR) is 100 cm³/mol. The van der Waals surface area contributed by atoms with E-state index < -0.39 is 0 Å². The van der Waals surface area contributed by atoms with E-state index in [9.17, 15) is 9.18 Å². The molecule has 6 nitrogen and oxygen atoms in total. The maximum atomic E-state index is 13.0. The summed E-state index contributed by atoms with van der Waals surface area (Å²) in [5.41, 5.74) is 1.51. The fourth-order valence-corrected chi connectivity index (χ4v) is 2.34. The summed E-state index contributed by atoms with van der Waals surface area (Å²) < 4.78 is 13.0. The van der Waals surface area contributed by atoms with Gasteiger partial charge in [0.25, 0.3) is 5.91 Å². The number of amides is 1. The molecule has 0 aliphatic rings. The molecular formula is C19H24FN5O. The number of aliphatic imine (C=N–C) groups is 1. The molecule has 0 bridgehead atoms. The number of hydrogen-bond donors (Lipinski definition) is 2. The second kappa shape index (κ2) is 10.1. The van der Waals surface area contributed by atoms with Crippen molar-refractivity contribution in [3.05, 3.63) is 65.7 Å². The van der Waals surface area contributed by atoms with Gasteiger partial charge in [-0.1, -0.05) is 12.1 Å². The van der Waals surface area contributed by atoms with Crippen LogP contribution in [0.2, 0.25) is 0 Å². The number of guanidine groups is 1. The first kappa shape index (κ1) is 19.4. The fraction of sp³-hybridized carbons (Fsp3) is 0.316. The van der Waals surface area contributed by atoms with Crippen molar-refractivity contribution < 1.29 is 9.18 Å². The molecule has 0 fully saturated rings. The second-order valence-electron chi connectivity index (χ2n) is 5.72. The number of nitrogens with one attached hydrogen (secondary N) is 2. The second-order valence-corrected chi connectivity index (χ2v) is 5.72. The van der Waals surface area contributed by atoms with Gasteiger partial charge in [-0.3, -0.25) is 14.8 Å². The minimum absolute atomic E-state index is 0.169. The smallest absolute Gasteiger partial charge is 0.252 e. The maximum absolute atomic E-state index is 13.0. The van der Waals surface area contributed by atoms with Crippen LogP contribution in [0.4, 0.5) is 4.39 Å². The van der Waals surface area contributed by atoms with Crippen molar-refractivity contribution in [2.75, 3.05) is 26.7 Å². The van der Waals surface area contributed by atoms with Gasteiger partial charge in [-0.05, 0) is 36.8 Å². The van der Waals surface area contributed by atoms with Crippen LogP contribution in [0.25, 0.3) is 0 Å². The van der Waals surface area contributed by atoms with Crippen molar-refractivity contribution in [1.29, 1.82) is 0 Å². The van der Waals surface area contributed by atoms with Crippen LogP contribution in [-0.4, -0.2) is 48.4 Å². The lowest BCUT2D eigenvalue weighted by Gasteiger charge is -2.22. The van der Waals surface area contributed by atoms with Crippen molar-refractivity contribution in [2.45, 2.75) is 13.5 Å². The van der Waals surface area contributed by atoms with Crippen LogP contribution < -0.4 is 10.6 Å². The highest BCUT2D eigenvalue weighted by molar-refractivity contribution is 5.93. The maximum Gasteiger partial charge on any atom is 0.252 e. The Kier molecular flexibility index (Phi) is 7.54. The Balaban J connectivity index is 1.87.